The van der Waals surface area contributed by atoms with Gasteiger partial charge in [0, 0.05) is 32.2 Å². The zero-order valence-electron chi connectivity index (χ0n) is 13.4. The van der Waals surface area contributed by atoms with E-state index in [0.29, 0.717) is 13.1 Å². The van der Waals surface area contributed by atoms with Crippen LogP contribution in [-0.2, 0) is 0 Å². The minimum absolute atomic E-state index is 0.629. The van der Waals surface area contributed by atoms with Crippen molar-refractivity contribution in [3.8, 4) is 11.1 Å². The highest BCUT2D eigenvalue weighted by Crippen LogP contribution is 2.35. The number of nitrogens with zero attached hydrogens (tertiary/aromatic N) is 1. The first-order valence-electron chi connectivity index (χ1n) is 8.20. The zero-order valence-corrected chi connectivity index (χ0v) is 13.4. The summed E-state index contributed by atoms with van der Waals surface area (Å²) in [5.41, 5.74) is 2.71. The maximum Gasteiger partial charge on any atom is 0.390 e. The molecule has 0 amide bonds. The van der Waals surface area contributed by atoms with Gasteiger partial charge in [-0.2, -0.15) is 13.2 Å². The predicted octanol–water partition coefficient (Wildman–Crippen LogP) is 4.25. The van der Waals surface area contributed by atoms with Crippen molar-refractivity contribution in [3.05, 3.63) is 60.2 Å². The number of alkyl halides is 3. The monoisotopic (exact) mass is 334 g/mol. The lowest BCUT2D eigenvalue weighted by Crippen LogP contribution is -2.46. The van der Waals surface area contributed by atoms with Crippen molar-refractivity contribution in [2.45, 2.75) is 18.6 Å². The maximum atomic E-state index is 13.1. The van der Waals surface area contributed by atoms with Crippen molar-refractivity contribution in [2.75, 3.05) is 26.2 Å². The molecule has 1 heterocycles. The molecule has 2 nitrogen and oxygen atoms in total. The van der Waals surface area contributed by atoms with Gasteiger partial charge in [-0.3, -0.25) is 4.90 Å². The van der Waals surface area contributed by atoms with E-state index in [1.165, 1.54) is 0 Å². The number of benzene rings is 2. The second-order valence-electron chi connectivity index (χ2n) is 6.11. The van der Waals surface area contributed by atoms with Crippen molar-refractivity contribution in [2.24, 2.45) is 0 Å². The van der Waals surface area contributed by atoms with E-state index < -0.39 is 18.6 Å². The molecule has 1 aliphatic heterocycles. The van der Waals surface area contributed by atoms with Gasteiger partial charge in [-0.15, -0.1) is 0 Å². The predicted molar refractivity (Wildman–Crippen MR) is 89.7 cm³/mol. The number of halogens is 3. The third-order valence-corrected chi connectivity index (χ3v) is 4.40. The number of nitrogens with one attached hydrogen (secondary N) is 1. The quantitative estimate of drug-likeness (QED) is 0.899. The van der Waals surface area contributed by atoms with Crippen LogP contribution in [0.4, 0.5) is 13.2 Å². The van der Waals surface area contributed by atoms with Crippen LogP contribution in [0.3, 0.4) is 0 Å². The summed E-state index contributed by atoms with van der Waals surface area (Å²) in [5.74, 6) is 0. The van der Waals surface area contributed by atoms with Gasteiger partial charge in [0.15, 0.2) is 0 Å². The molecule has 1 saturated heterocycles. The number of piperazine rings is 1. The van der Waals surface area contributed by atoms with Crippen LogP contribution < -0.4 is 5.32 Å². The molecular weight excluding hydrogens is 313 g/mol. The molecular formula is C19H21F3N2. The first-order chi connectivity index (χ1) is 11.5. The van der Waals surface area contributed by atoms with Crippen LogP contribution in [-0.4, -0.2) is 37.3 Å². The Morgan fingerprint density at radius 1 is 0.917 bits per heavy atom. The van der Waals surface area contributed by atoms with Crippen LogP contribution in [0.1, 0.15) is 18.0 Å². The Labute approximate surface area is 140 Å². The molecule has 0 saturated carbocycles. The summed E-state index contributed by atoms with van der Waals surface area (Å²) in [7, 11) is 0. The van der Waals surface area contributed by atoms with E-state index in [2.05, 4.69) is 5.32 Å². The minimum Gasteiger partial charge on any atom is -0.314 e. The van der Waals surface area contributed by atoms with Gasteiger partial charge in [0.25, 0.3) is 0 Å². The van der Waals surface area contributed by atoms with Crippen molar-refractivity contribution >= 4 is 0 Å². The third kappa shape index (κ3) is 4.36. The Hall–Kier alpha value is -1.85. The molecule has 0 radical (unpaired) electrons. The van der Waals surface area contributed by atoms with Crippen LogP contribution in [0.5, 0.6) is 0 Å². The average Bonchev–Trinajstić information content (AvgIpc) is 2.61. The standard InChI is InChI=1S/C19H21F3N2/c20-19(21,22)14-18(24-11-9-23-10-12-24)17-8-4-7-16(13-17)15-5-2-1-3-6-15/h1-8,13,18,23H,9-12,14H2/t18-/m0/s1. The first kappa shape index (κ1) is 17.0. The molecule has 5 heteroatoms. The lowest BCUT2D eigenvalue weighted by atomic mass is 9.96. The van der Waals surface area contributed by atoms with Gasteiger partial charge in [0.05, 0.1) is 6.42 Å². The Balaban J connectivity index is 1.92. The van der Waals surface area contributed by atoms with Gasteiger partial charge in [-0.25, -0.2) is 0 Å². The van der Waals surface area contributed by atoms with E-state index in [4.69, 9.17) is 0 Å². The Morgan fingerprint density at radius 2 is 1.58 bits per heavy atom. The summed E-state index contributed by atoms with van der Waals surface area (Å²) in [4.78, 5) is 1.94. The van der Waals surface area contributed by atoms with Crippen LogP contribution in [0.15, 0.2) is 54.6 Å². The molecule has 128 valence electrons. The lowest BCUT2D eigenvalue weighted by Gasteiger charge is -2.35. The van der Waals surface area contributed by atoms with Crippen molar-refractivity contribution < 1.29 is 13.2 Å². The minimum atomic E-state index is -4.18. The summed E-state index contributed by atoms with van der Waals surface area (Å²) in [6, 6.07) is 16.6. The van der Waals surface area contributed by atoms with Gasteiger partial charge in [0.1, 0.15) is 0 Å². The van der Waals surface area contributed by atoms with Crippen LogP contribution in [0, 0.1) is 0 Å². The fraction of sp³-hybridized carbons (Fsp3) is 0.368. The van der Waals surface area contributed by atoms with Gasteiger partial charge < -0.3 is 5.32 Å². The summed E-state index contributed by atoms with van der Waals surface area (Å²) in [6.07, 6.45) is -5.00. The highest BCUT2D eigenvalue weighted by Gasteiger charge is 2.36. The molecule has 2 aromatic rings. The Kier molecular flexibility index (Phi) is 5.21. The van der Waals surface area contributed by atoms with Crippen molar-refractivity contribution in [1.82, 2.24) is 10.2 Å². The molecule has 1 atom stereocenters. The van der Waals surface area contributed by atoms with Gasteiger partial charge in [-0.1, -0.05) is 48.5 Å². The summed E-state index contributed by atoms with van der Waals surface area (Å²) in [5, 5.41) is 3.20. The summed E-state index contributed by atoms with van der Waals surface area (Å²) < 4.78 is 39.4. The number of hydrogen-bond acceptors (Lipinski definition) is 2. The molecule has 0 aliphatic carbocycles. The fourth-order valence-corrected chi connectivity index (χ4v) is 3.23. The first-order valence-corrected chi connectivity index (χ1v) is 8.20. The summed E-state index contributed by atoms with van der Waals surface area (Å²) >= 11 is 0. The highest BCUT2D eigenvalue weighted by molar-refractivity contribution is 5.64. The molecule has 3 rings (SSSR count). The van der Waals surface area contributed by atoms with Gasteiger partial charge >= 0.3 is 6.18 Å². The smallest absolute Gasteiger partial charge is 0.314 e. The van der Waals surface area contributed by atoms with Crippen LogP contribution in [0.25, 0.3) is 11.1 Å². The van der Waals surface area contributed by atoms with Crippen LogP contribution in [0.2, 0.25) is 0 Å². The van der Waals surface area contributed by atoms with E-state index >= 15 is 0 Å². The second-order valence-corrected chi connectivity index (χ2v) is 6.11. The zero-order chi connectivity index (χ0) is 17.0. The maximum absolute atomic E-state index is 13.1. The molecule has 0 unspecified atom stereocenters. The van der Waals surface area contributed by atoms with E-state index in [1.807, 2.05) is 59.5 Å². The Morgan fingerprint density at radius 3 is 2.25 bits per heavy atom. The molecule has 1 fully saturated rings. The van der Waals surface area contributed by atoms with Crippen molar-refractivity contribution in [3.63, 3.8) is 0 Å². The number of rotatable bonds is 4. The SMILES string of the molecule is FC(F)(F)C[C@@H](c1cccc(-c2ccccc2)c1)N1CCNCC1. The average molecular weight is 334 g/mol. The molecule has 0 bridgehead atoms. The molecule has 24 heavy (non-hydrogen) atoms. The van der Waals surface area contributed by atoms with E-state index in [0.717, 1.165) is 29.8 Å². The van der Waals surface area contributed by atoms with E-state index in [-0.39, 0.29) is 0 Å². The number of hydrogen-bond donors (Lipinski definition) is 1. The molecule has 2 aromatic carbocycles. The Bertz CT molecular complexity index is 649. The molecule has 1 N–H and O–H groups in total. The molecule has 0 aromatic heterocycles. The highest BCUT2D eigenvalue weighted by atomic mass is 19.4. The third-order valence-electron chi connectivity index (χ3n) is 4.40. The van der Waals surface area contributed by atoms with Gasteiger partial charge in [-0.05, 0) is 22.8 Å². The largest absolute Gasteiger partial charge is 0.390 e. The van der Waals surface area contributed by atoms with Crippen molar-refractivity contribution in [1.29, 1.82) is 0 Å². The summed E-state index contributed by atoms with van der Waals surface area (Å²) in [6.45, 7) is 2.73. The van der Waals surface area contributed by atoms with E-state index in [1.54, 1.807) is 0 Å². The molecule has 0 spiro atoms. The normalized spacial score (nSPS) is 17.6. The fourth-order valence-electron chi connectivity index (χ4n) is 3.23. The lowest BCUT2D eigenvalue weighted by molar-refractivity contribution is -0.148. The topological polar surface area (TPSA) is 15.3 Å². The van der Waals surface area contributed by atoms with Crippen LogP contribution >= 0.6 is 0 Å². The second kappa shape index (κ2) is 7.36. The van der Waals surface area contributed by atoms with E-state index in [9.17, 15) is 13.2 Å². The van der Waals surface area contributed by atoms with Gasteiger partial charge in [0.2, 0.25) is 0 Å². The molecule has 1 aliphatic rings.